The van der Waals surface area contributed by atoms with Gasteiger partial charge in [-0.2, -0.15) is 0 Å². The Labute approximate surface area is 128 Å². The molecule has 0 aliphatic carbocycles. The Morgan fingerprint density at radius 2 is 1.73 bits per heavy atom. The zero-order valence-corrected chi connectivity index (χ0v) is 12.1. The number of hydrogen-bond acceptors (Lipinski definition) is 4. The molecule has 0 spiro atoms. The van der Waals surface area contributed by atoms with Crippen molar-refractivity contribution < 1.29 is 24.2 Å². The van der Waals surface area contributed by atoms with E-state index in [0.29, 0.717) is 23.7 Å². The summed E-state index contributed by atoms with van der Waals surface area (Å²) in [5.41, 5.74) is 1.44. The van der Waals surface area contributed by atoms with Crippen LogP contribution in [0, 0.1) is 0 Å². The van der Waals surface area contributed by atoms with Crippen molar-refractivity contribution in [3.8, 4) is 11.5 Å². The largest absolute Gasteiger partial charge is 0.485 e. The first-order valence-electron chi connectivity index (χ1n) is 6.72. The van der Waals surface area contributed by atoms with Gasteiger partial charge in [-0.15, -0.1) is 0 Å². The quantitative estimate of drug-likeness (QED) is 0.796. The molecule has 22 heavy (non-hydrogen) atoms. The summed E-state index contributed by atoms with van der Waals surface area (Å²) in [6.45, 7) is 1.28. The first-order chi connectivity index (χ1) is 10.6. The summed E-state index contributed by atoms with van der Waals surface area (Å²) in [7, 11) is 0. The second-order valence-electron chi connectivity index (χ2n) is 4.67. The Hall–Kier alpha value is -2.82. The number of carboxylic acids is 1. The Balaban J connectivity index is 2.18. The summed E-state index contributed by atoms with van der Waals surface area (Å²) in [5.74, 6) is -0.542. The molecule has 0 saturated carbocycles. The van der Waals surface area contributed by atoms with Crippen LogP contribution in [-0.2, 0) is 11.4 Å². The van der Waals surface area contributed by atoms with E-state index in [9.17, 15) is 9.59 Å². The Bertz CT molecular complexity index is 664. The molecule has 2 aromatic carbocycles. The van der Waals surface area contributed by atoms with E-state index in [-0.39, 0.29) is 5.78 Å². The van der Waals surface area contributed by atoms with Crippen LogP contribution in [0.5, 0.6) is 11.5 Å². The van der Waals surface area contributed by atoms with Crippen LogP contribution in [0.3, 0.4) is 0 Å². The fourth-order valence-electron chi connectivity index (χ4n) is 1.83. The molecule has 0 heterocycles. The number of hydrogen-bond donors (Lipinski definition) is 1. The molecule has 1 N–H and O–H groups in total. The fourth-order valence-corrected chi connectivity index (χ4v) is 1.83. The van der Waals surface area contributed by atoms with Gasteiger partial charge in [-0.05, 0) is 30.7 Å². The van der Waals surface area contributed by atoms with Crippen LogP contribution in [0.15, 0.2) is 48.5 Å². The van der Waals surface area contributed by atoms with E-state index in [1.807, 2.05) is 30.3 Å². The molecular formula is C17H16O5. The standard InChI is InChI=1S/C17H16O5/c1-12(18)14-7-8-15(22-11-17(19)20)16(9-14)21-10-13-5-3-2-4-6-13/h2-9H,10-11H2,1H3,(H,19,20). The third-order valence-electron chi connectivity index (χ3n) is 2.94. The van der Waals surface area contributed by atoms with Gasteiger partial charge in [-0.3, -0.25) is 4.79 Å². The average Bonchev–Trinajstić information content (AvgIpc) is 2.52. The molecule has 0 saturated heterocycles. The van der Waals surface area contributed by atoms with Gasteiger partial charge < -0.3 is 14.6 Å². The lowest BCUT2D eigenvalue weighted by atomic mass is 10.1. The maximum atomic E-state index is 11.5. The van der Waals surface area contributed by atoms with E-state index < -0.39 is 12.6 Å². The highest BCUT2D eigenvalue weighted by Gasteiger charge is 2.11. The predicted molar refractivity (Wildman–Crippen MR) is 80.4 cm³/mol. The van der Waals surface area contributed by atoms with E-state index in [1.165, 1.54) is 6.92 Å². The molecule has 0 fully saturated rings. The zero-order chi connectivity index (χ0) is 15.9. The van der Waals surface area contributed by atoms with Crippen molar-refractivity contribution in [1.29, 1.82) is 0 Å². The molecule has 0 aliphatic rings. The van der Waals surface area contributed by atoms with Crippen molar-refractivity contribution in [2.24, 2.45) is 0 Å². The molecular weight excluding hydrogens is 284 g/mol. The van der Waals surface area contributed by atoms with Crippen molar-refractivity contribution >= 4 is 11.8 Å². The molecule has 0 radical (unpaired) electrons. The van der Waals surface area contributed by atoms with Gasteiger partial charge in [0.05, 0.1) is 0 Å². The number of ether oxygens (including phenoxy) is 2. The van der Waals surface area contributed by atoms with E-state index in [4.69, 9.17) is 14.6 Å². The van der Waals surface area contributed by atoms with E-state index >= 15 is 0 Å². The molecule has 0 unspecified atom stereocenters. The molecule has 2 rings (SSSR count). The molecule has 2 aromatic rings. The Morgan fingerprint density at radius 1 is 1.00 bits per heavy atom. The molecule has 5 nitrogen and oxygen atoms in total. The monoisotopic (exact) mass is 300 g/mol. The number of carbonyl (C=O) groups excluding carboxylic acids is 1. The molecule has 0 aromatic heterocycles. The number of ketones is 1. The molecule has 0 amide bonds. The third kappa shape index (κ3) is 4.34. The summed E-state index contributed by atoms with van der Waals surface area (Å²) in [5, 5.41) is 8.70. The van der Waals surface area contributed by atoms with Crippen molar-refractivity contribution in [2.45, 2.75) is 13.5 Å². The average molecular weight is 300 g/mol. The van der Waals surface area contributed by atoms with Crippen LogP contribution in [0.4, 0.5) is 0 Å². The number of Topliss-reactive ketones (excluding diaryl/α,β-unsaturated/α-hetero) is 1. The number of benzene rings is 2. The Kier molecular flexibility index (Phi) is 5.14. The Morgan fingerprint density at radius 3 is 2.36 bits per heavy atom. The van der Waals surface area contributed by atoms with Crippen molar-refractivity contribution in [1.82, 2.24) is 0 Å². The fraction of sp³-hybridized carbons (Fsp3) is 0.176. The lowest BCUT2D eigenvalue weighted by molar-refractivity contribution is -0.139. The first-order valence-corrected chi connectivity index (χ1v) is 6.72. The summed E-state index contributed by atoms with van der Waals surface area (Å²) in [6.07, 6.45) is 0. The van der Waals surface area contributed by atoms with Gasteiger partial charge in [0, 0.05) is 5.56 Å². The van der Waals surface area contributed by atoms with Gasteiger partial charge in [0.1, 0.15) is 6.61 Å². The minimum Gasteiger partial charge on any atom is -0.485 e. The summed E-state index contributed by atoms with van der Waals surface area (Å²) in [6, 6.07) is 14.2. The maximum Gasteiger partial charge on any atom is 0.341 e. The molecule has 114 valence electrons. The van der Waals surface area contributed by atoms with Crippen LogP contribution < -0.4 is 9.47 Å². The van der Waals surface area contributed by atoms with Gasteiger partial charge in [0.2, 0.25) is 0 Å². The first kappa shape index (κ1) is 15.6. The lowest BCUT2D eigenvalue weighted by Gasteiger charge is -2.13. The predicted octanol–water partition coefficient (Wildman–Crippen LogP) is 2.93. The van der Waals surface area contributed by atoms with Crippen molar-refractivity contribution in [2.75, 3.05) is 6.61 Å². The number of carbonyl (C=O) groups is 2. The van der Waals surface area contributed by atoms with Crippen LogP contribution in [0.2, 0.25) is 0 Å². The highest BCUT2D eigenvalue weighted by molar-refractivity contribution is 5.94. The number of aliphatic carboxylic acids is 1. The van der Waals surface area contributed by atoms with Gasteiger partial charge >= 0.3 is 5.97 Å². The highest BCUT2D eigenvalue weighted by Crippen LogP contribution is 2.29. The van der Waals surface area contributed by atoms with Crippen molar-refractivity contribution in [3.05, 3.63) is 59.7 Å². The maximum absolute atomic E-state index is 11.5. The molecule has 0 atom stereocenters. The number of rotatable bonds is 7. The van der Waals surface area contributed by atoms with Crippen LogP contribution in [0.1, 0.15) is 22.8 Å². The number of carboxylic acid groups (broad SMARTS) is 1. The second-order valence-corrected chi connectivity index (χ2v) is 4.67. The van der Waals surface area contributed by atoms with Gasteiger partial charge in [0.15, 0.2) is 23.9 Å². The summed E-state index contributed by atoms with van der Waals surface area (Å²) < 4.78 is 10.9. The van der Waals surface area contributed by atoms with E-state index in [1.54, 1.807) is 18.2 Å². The highest BCUT2D eigenvalue weighted by atomic mass is 16.5. The van der Waals surface area contributed by atoms with Gasteiger partial charge in [-0.25, -0.2) is 4.79 Å². The molecule has 0 bridgehead atoms. The zero-order valence-electron chi connectivity index (χ0n) is 12.1. The van der Waals surface area contributed by atoms with Gasteiger partial charge in [-0.1, -0.05) is 30.3 Å². The van der Waals surface area contributed by atoms with E-state index in [2.05, 4.69) is 0 Å². The summed E-state index contributed by atoms with van der Waals surface area (Å²) >= 11 is 0. The van der Waals surface area contributed by atoms with Crippen LogP contribution >= 0.6 is 0 Å². The van der Waals surface area contributed by atoms with Crippen LogP contribution in [0.25, 0.3) is 0 Å². The SMILES string of the molecule is CC(=O)c1ccc(OCC(=O)O)c(OCc2ccccc2)c1. The smallest absolute Gasteiger partial charge is 0.341 e. The molecule has 0 aliphatic heterocycles. The summed E-state index contributed by atoms with van der Waals surface area (Å²) in [4.78, 5) is 22.1. The normalized spacial score (nSPS) is 10.0. The second kappa shape index (κ2) is 7.26. The third-order valence-corrected chi connectivity index (χ3v) is 2.94. The van der Waals surface area contributed by atoms with E-state index in [0.717, 1.165) is 5.56 Å². The topological polar surface area (TPSA) is 72.8 Å². The van der Waals surface area contributed by atoms with Crippen molar-refractivity contribution in [3.63, 3.8) is 0 Å². The molecule has 5 heteroatoms. The van der Waals surface area contributed by atoms with Crippen LogP contribution in [-0.4, -0.2) is 23.5 Å². The minimum absolute atomic E-state index is 0.102. The van der Waals surface area contributed by atoms with Gasteiger partial charge in [0.25, 0.3) is 0 Å². The lowest BCUT2D eigenvalue weighted by Crippen LogP contribution is -2.10. The minimum atomic E-state index is -1.08.